The average Bonchev–Trinajstić information content (AvgIpc) is 2.99. The molecule has 2 aliphatic carbocycles. The summed E-state index contributed by atoms with van der Waals surface area (Å²) in [7, 11) is 0. The van der Waals surface area contributed by atoms with Crippen molar-refractivity contribution in [1.82, 2.24) is 0 Å². The smallest absolute Gasteiger partial charge is 0.269 e. The lowest BCUT2D eigenvalue weighted by Gasteiger charge is -2.39. The number of non-ortho nitro benzene ring substituents is 1. The Morgan fingerprint density at radius 3 is 2.61 bits per heavy atom. The number of ether oxygens (including phenoxy) is 1. The molecule has 3 fully saturated rings. The van der Waals surface area contributed by atoms with Crippen molar-refractivity contribution in [3.05, 3.63) is 34.4 Å². The summed E-state index contributed by atoms with van der Waals surface area (Å²) in [5.74, 6) is 0.434. The van der Waals surface area contributed by atoms with Gasteiger partial charge in [0, 0.05) is 28.7 Å². The molecule has 1 saturated heterocycles. The number of nitrogens with zero attached hydrogens (tertiary/aromatic N) is 1. The highest BCUT2D eigenvalue weighted by molar-refractivity contribution is 5.99. The number of carbonyl (C=O) groups excluding carboxylic acids is 1. The van der Waals surface area contributed by atoms with Crippen LogP contribution >= 0.6 is 0 Å². The molecule has 0 spiro atoms. The largest absolute Gasteiger partial charge is 0.364 e. The van der Waals surface area contributed by atoms with Crippen LogP contribution in [0.15, 0.2) is 24.3 Å². The second-order valence-electron chi connectivity index (χ2n) is 7.56. The van der Waals surface area contributed by atoms with Gasteiger partial charge >= 0.3 is 0 Å². The molecule has 4 atom stereocenters. The molecule has 1 aliphatic heterocycles. The van der Waals surface area contributed by atoms with Crippen molar-refractivity contribution in [3.63, 3.8) is 0 Å². The molecule has 0 unspecified atom stereocenters. The van der Waals surface area contributed by atoms with Crippen molar-refractivity contribution >= 4 is 17.3 Å². The van der Waals surface area contributed by atoms with Gasteiger partial charge in [0.1, 0.15) is 0 Å². The Bertz CT molecular complexity index is 703. The number of nitrogens with one attached hydrogen (secondary N) is 1. The quantitative estimate of drug-likeness (QED) is 0.686. The Balaban J connectivity index is 1.60. The van der Waals surface area contributed by atoms with Gasteiger partial charge in [0.2, 0.25) is 0 Å². The van der Waals surface area contributed by atoms with E-state index in [1.165, 1.54) is 18.6 Å². The molecule has 0 aromatic heterocycles. The van der Waals surface area contributed by atoms with Gasteiger partial charge < -0.3 is 10.1 Å². The number of rotatable bonds is 3. The van der Waals surface area contributed by atoms with E-state index in [1.54, 1.807) is 12.1 Å². The maximum absolute atomic E-state index is 13.0. The third-order valence-corrected chi connectivity index (χ3v) is 6.90. The van der Waals surface area contributed by atoms with Crippen LogP contribution in [0, 0.1) is 26.9 Å². The van der Waals surface area contributed by atoms with Crippen molar-refractivity contribution in [3.8, 4) is 0 Å². The number of anilines is 1. The van der Waals surface area contributed by atoms with E-state index in [9.17, 15) is 14.9 Å². The van der Waals surface area contributed by atoms with Gasteiger partial charge in [0.15, 0.2) is 5.60 Å². The Labute approximate surface area is 134 Å². The molecule has 6 heteroatoms. The number of hydrogen-bond donors (Lipinski definition) is 1. The summed E-state index contributed by atoms with van der Waals surface area (Å²) in [4.78, 5) is 23.2. The molecule has 1 N–H and O–H groups in total. The van der Waals surface area contributed by atoms with Crippen molar-refractivity contribution in [1.29, 1.82) is 0 Å². The van der Waals surface area contributed by atoms with Crippen LogP contribution < -0.4 is 5.32 Å². The maximum atomic E-state index is 13.0. The van der Waals surface area contributed by atoms with Crippen LogP contribution in [0.2, 0.25) is 0 Å². The first-order chi connectivity index (χ1) is 10.8. The van der Waals surface area contributed by atoms with E-state index in [4.69, 9.17) is 4.74 Å². The van der Waals surface area contributed by atoms with Crippen LogP contribution in [-0.4, -0.2) is 23.0 Å². The fourth-order valence-electron chi connectivity index (χ4n) is 5.16. The molecule has 0 radical (unpaired) electrons. The topological polar surface area (TPSA) is 81.5 Å². The lowest BCUT2D eigenvalue weighted by molar-refractivity contribution is -0.384. The Kier molecular flexibility index (Phi) is 2.75. The summed E-state index contributed by atoms with van der Waals surface area (Å²) >= 11 is 0. The highest BCUT2D eigenvalue weighted by Crippen LogP contribution is 2.75. The molecule has 1 amide bonds. The van der Waals surface area contributed by atoms with E-state index in [-0.39, 0.29) is 22.4 Å². The van der Waals surface area contributed by atoms with Crippen LogP contribution in [0.25, 0.3) is 0 Å². The molecule has 4 rings (SSSR count). The van der Waals surface area contributed by atoms with E-state index in [1.807, 2.05) is 0 Å². The predicted octanol–water partition coefficient (Wildman–Crippen LogP) is 3.13. The number of nitro groups is 1. The Morgan fingerprint density at radius 2 is 2.04 bits per heavy atom. The number of amides is 1. The van der Waals surface area contributed by atoms with Gasteiger partial charge in [0.25, 0.3) is 11.6 Å². The van der Waals surface area contributed by atoms with Crippen molar-refractivity contribution < 1.29 is 14.5 Å². The zero-order chi connectivity index (χ0) is 16.5. The van der Waals surface area contributed by atoms with Gasteiger partial charge in [-0.15, -0.1) is 0 Å². The molecular weight excluding hydrogens is 296 g/mol. The van der Waals surface area contributed by atoms with E-state index in [0.717, 1.165) is 12.8 Å². The molecule has 1 aromatic rings. The number of carbonyl (C=O) groups is 1. The van der Waals surface area contributed by atoms with E-state index in [0.29, 0.717) is 18.2 Å². The lowest BCUT2D eigenvalue weighted by Crippen LogP contribution is -2.52. The molecule has 6 nitrogen and oxygen atoms in total. The molecule has 122 valence electrons. The highest BCUT2D eigenvalue weighted by atomic mass is 16.6. The zero-order valence-corrected chi connectivity index (χ0v) is 13.3. The Morgan fingerprint density at radius 1 is 1.35 bits per heavy atom. The van der Waals surface area contributed by atoms with Gasteiger partial charge in [-0.25, -0.2) is 0 Å². The molecule has 1 aromatic carbocycles. The zero-order valence-electron chi connectivity index (χ0n) is 13.3. The highest BCUT2D eigenvalue weighted by Gasteiger charge is 2.78. The second kappa shape index (κ2) is 4.32. The van der Waals surface area contributed by atoms with Crippen LogP contribution in [0.3, 0.4) is 0 Å². The summed E-state index contributed by atoms with van der Waals surface area (Å²) in [5.41, 5.74) is -0.224. The van der Waals surface area contributed by atoms with Gasteiger partial charge in [-0.3, -0.25) is 14.9 Å². The summed E-state index contributed by atoms with van der Waals surface area (Å²) in [6.07, 6.45) is 2.96. The molecule has 3 aliphatic rings. The van der Waals surface area contributed by atoms with E-state index in [2.05, 4.69) is 19.2 Å². The SMILES string of the molecule is C[C@]12CC[C@@H]3C[C@@]1(C(=O)Nc1ccc([N+](=O)[O-])cc1)OC[C@]32C. The standard InChI is InChI=1S/C17H20N2O4/c1-15-10-23-17(9-11(15)7-8-16(15,17)2)14(20)18-12-3-5-13(6-4-12)19(21)22/h3-6,11H,7-10H2,1-2H3,(H,18,20)/t11-,15-,16-,17+/m1/s1. The number of benzene rings is 1. The first-order valence-corrected chi connectivity index (χ1v) is 8.02. The molecule has 23 heavy (non-hydrogen) atoms. The van der Waals surface area contributed by atoms with E-state index >= 15 is 0 Å². The predicted molar refractivity (Wildman–Crippen MR) is 84.0 cm³/mol. The molecule has 2 saturated carbocycles. The number of hydrogen-bond acceptors (Lipinski definition) is 4. The summed E-state index contributed by atoms with van der Waals surface area (Å²) in [6, 6.07) is 5.93. The molecular formula is C17H20N2O4. The van der Waals surface area contributed by atoms with Crippen molar-refractivity contribution in [2.45, 2.75) is 38.7 Å². The van der Waals surface area contributed by atoms with Crippen molar-refractivity contribution in [2.75, 3.05) is 11.9 Å². The first kappa shape index (κ1) is 14.6. The first-order valence-electron chi connectivity index (χ1n) is 8.02. The lowest BCUT2D eigenvalue weighted by atomic mass is 9.66. The van der Waals surface area contributed by atoms with Crippen LogP contribution in [0.1, 0.15) is 33.1 Å². The van der Waals surface area contributed by atoms with Gasteiger partial charge in [0.05, 0.1) is 11.5 Å². The van der Waals surface area contributed by atoms with E-state index < -0.39 is 10.5 Å². The number of nitro benzene ring substituents is 1. The third-order valence-electron chi connectivity index (χ3n) is 6.90. The van der Waals surface area contributed by atoms with Gasteiger partial charge in [-0.2, -0.15) is 0 Å². The fraction of sp³-hybridized carbons (Fsp3) is 0.588. The van der Waals surface area contributed by atoms with Crippen LogP contribution in [-0.2, 0) is 9.53 Å². The minimum atomic E-state index is -0.757. The monoisotopic (exact) mass is 316 g/mol. The summed E-state index contributed by atoms with van der Waals surface area (Å²) in [5, 5.41) is 13.6. The Hall–Kier alpha value is -1.95. The van der Waals surface area contributed by atoms with Crippen LogP contribution in [0.4, 0.5) is 11.4 Å². The summed E-state index contributed by atoms with van der Waals surface area (Å²) in [6.45, 7) is 5.07. The molecule has 4 bridgehead atoms. The van der Waals surface area contributed by atoms with Gasteiger partial charge in [-0.1, -0.05) is 13.8 Å². The summed E-state index contributed by atoms with van der Waals surface area (Å²) < 4.78 is 6.06. The average molecular weight is 316 g/mol. The minimum Gasteiger partial charge on any atom is -0.364 e. The van der Waals surface area contributed by atoms with Gasteiger partial charge in [-0.05, 0) is 37.3 Å². The molecule has 1 heterocycles. The minimum absolute atomic E-state index is 0.0118. The second-order valence-corrected chi connectivity index (χ2v) is 7.56. The third kappa shape index (κ3) is 1.59. The van der Waals surface area contributed by atoms with Crippen molar-refractivity contribution in [2.24, 2.45) is 16.7 Å². The maximum Gasteiger partial charge on any atom is 0.269 e. The normalized spacial score (nSPS) is 40.3. The van der Waals surface area contributed by atoms with Crippen LogP contribution in [0.5, 0.6) is 0 Å². The fourth-order valence-corrected chi connectivity index (χ4v) is 5.16.